The molecule has 12 heavy (non-hydrogen) atoms. The average Bonchev–Trinajstić information content (AvgIpc) is 2.49. The summed E-state index contributed by atoms with van der Waals surface area (Å²) in [6.07, 6.45) is 6.94. The van der Waals surface area contributed by atoms with Crippen LogP contribution < -0.4 is 0 Å². The standard InChI is InChI=1S/C10H13BrO/c11-8-10(4-2-5-10)7-9-3-1-6-12-9/h1,3,6H,2,4-5,7-8H2. The normalized spacial score (nSPS) is 20.4. The van der Waals surface area contributed by atoms with E-state index in [4.69, 9.17) is 4.42 Å². The number of hydrogen-bond donors (Lipinski definition) is 0. The Morgan fingerprint density at radius 2 is 2.33 bits per heavy atom. The molecule has 1 aliphatic rings. The fourth-order valence-corrected chi connectivity index (χ4v) is 2.58. The number of alkyl halides is 1. The van der Waals surface area contributed by atoms with E-state index in [1.165, 1.54) is 19.3 Å². The lowest BCUT2D eigenvalue weighted by Crippen LogP contribution is -2.33. The van der Waals surface area contributed by atoms with Crippen LogP contribution >= 0.6 is 15.9 Å². The smallest absolute Gasteiger partial charge is 0.104 e. The highest BCUT2D eigenvalue weighted by molar-refractivity contribution is 9.09. The fourth-order valence-electron chi connectivity index (χ4n) is 1.82. The Labute approximate surface area is 81.3 Å². The molecule has 0 N–H and O–H groups in total. The maximum Gasteiger partial charge on any atom is 0.104 e. The van der Waals surface area contributed by atoms with Gasteiger partial charge in [0, 0.05) is 11.8 Å². The first kappa shape index (κ1) is 8.36. The quantitative estimate of drug-likeness (QED) is 0.724. The van der Waals surface area contributed by atoms with Gasteiger partial charge in [-0.25, -0.2) is 0 Å². The van der Waals surface area contributed by atoms with E-state index in [0.717, 1.165) is 17.5 Å². The lowest BCUT2D eigenvalue weighted by Gasteiger charge is -2.39. The van der Waals surface area contributed by atoms with Gasteiger partial charge in [0.05, 0.1) is 6.26 Å². The molecule has 1 heterocycles. The lowest BCUT2D eigenvalue weighted by atomic mass is 9.68. The summed E-state index contributed by atoms with van der Waals surface area (Å²) in [6.45, 7) is 0. The van der Waals surface area contributed by atoms with Gasteiger partial charge in [0.2, 0.25) is 0 Å². The third kappa shape index (κ3) is 1.45. The second-order valence-electron chi connectivity index (χ2n) is 3.74. The molecular formula is C10H13BrO. The van der Waals surface area contributed by atoms with E-state index in [0.29, 0.717) is 5.41 Å². The second kappa shape index (κ2) is 3.25. The number of rotatable bonds is 3. The molecule has 2 rings (SSSR count). The highest BCUT2D eigenvalue weighted by Crippen LogP contribution is 2.44. The molecule has 0 saturated heterocycles. The molecule has 0 bridgehead atoms. The molecule has 1 aromatic heterocycles. The summed E-state index contributed by atoms with van der Waals surface area (Å²) in [6, 6.07) is 4.04. The molecule has 1 nitrogen and oxygen atoms in total. The minimum absolute atomic E-state index is 0.512. The molecule has 0 atom stereocenters. The SMILES string of the molecule is BrCC1(Cc2ccco2)CCC1. The number of hydrogen-bond acceptors (Lipinski definition) is 1. The van der Waals surface area contributed by atoms with Crippen LogP contribution in [0.1, 0.15) is 25.0 Å². The zero-order chi connectivity index (χ0) is 8.44. The van der Waals surface area contributed by atoms with Crippen LogP contribution in [0.25, 0.3) is 0 Å². The van der Waals surface area contributed by atoms with Crippen LogP contribution in [-0.2, 0) is 6.42 Å². The molecular weight excluding hydrogens is 216 g/mol. The molecule has 0 amide bonds. The fraction of sp³-hybridized carbons (Fsp3) is 0.600. The molecule has 1 aromatic rings. The van der Waals surface area contributed by atoms with Crippen molar-refractivity contribution < 1.29 is 4.42 Å². The van der Waals surface area contributed by atoms with Gasteiger partial charge < -0.3 is 4.42 Å². The largest absolute Gasteiger partial charge is 0.469 e. The van der Waals surface area contributed by atoms with E-state index in [2.05, 4.69) is 22.0 Å². The van der Waals surface area contributed by atoms with Gasteiger partial charge in [-0.3, -0.25) is 0 Å². The van der Waals surface area contributed by atoms with Gasteiger partial charge in [-0.15, -0.1) is 0 Å². The van der Waals surface area contributed by atoms with Crippen molar-refractivity contribution in [1.29, 1.82) is 0 Å². The van der Waals surface area contributed by atoms with Gasteiger partial charge >= 0.3 is 0 Å². The topological polar surface area (TPSA) is 13.1 Å². The van der Waals surface area contributed by atoms with Crippen LogP contribution in [0.3, 0.4) is 0 Å². The predicted octanol–water partition coefficient (Wildman–Crippen LogP) is 3.39. The zero-order valence-corrected chi connectivity index (χ0v) is 8.64. The zero-order valence-electron chi connectivity index (χ0n) is 7.05. The van der Waals surface area contributed by atoms with Crippen molar-refractivity contribution in [2.24, 2.45) is 5.41 Å². The van der Waals surface area contributed by atoms with E-state index in [-0.39, 0.29) is 0 Å². The van der Waals surface area contributed by atoms with Crippen LogP contribution in [0.4, 0.5) is 0 Å². The van der Waals surface area contributed by atoms with Gasteiger partial charge in [0.1, 0.15) is 5.76 Å². The van der Waals surface area contributed by atoms with Gasteiger partial charge in [-0.05, 0) is 30.4 Å². The molecule has 0 aliphatic heterocycles. The highest BCUT2D eigenvalue weighted by Gasteiger charge is 2.36. The van der Waals surface area contributed by atoms with Gasteiger partial charge in [-0.2, -0.15) is 0 Å². The lowest BCUT2D eigenvalue weighted by molar-refractivity contribution is 0.159. The summed E-state index contributed by atoms with van der Waals surface area (Å²) in [4.78, 5) is 0. The first-order chi connectivity index (χ1) is 5.85. The Morgan fingerprint density at radius 1 is 1.50 bits per heavy atom. The van der Waals surface area contributed by atoms with Crippen LogP contribution in [-0.4, -0.2) is 5.33 Å². The number of furan rings is 1. The molecule has 1 aliphatic carbocycles. The van der Waals surface area contributed by atoms with Crippen molar-refractivity contribution in [3.05, 3.63) is 24.2 Å². The Balaban J connectivity index is 2.01. The van der Waals surface area contributed by atoms with E-state index < -0.39 is 0 Å². The minimum Gasteiger partial charge on any atom is -0.469 e. The summed E-state index contributed by atoms with van der Waals surface area (Å²) in [5, 5.41) is 1.11. The maximum atomic E-state index is 5.35. The summed E-state index contributed by atoms with van der Waals surface area (Å²) in [5.41, 5.74) is 0.512. The Bertz CT molecular complexity index is 231. The molecule has 1 fully saturated rings. The van der Waals surface area contributed by atoms with Crippen LogP contribution in [0.15, 0.2) is 22.8 Å². The average molecular weight is 229 g/mol. The van der Waals surface area contributed by atoms with Crippen molar-refractivity contribution in [2.75, 3.05) is 5.33 Å². The van der Waals surface area contributed by atoms with Crippen molar-refractivity contribution in [3.8, 4) is 0 Å². The number of halogens is 1. The molecule has 1 saturated carbocycles. The monoisotopic (exact) mass is 228 g/mol. The Kier molecular flexibility index (Phi) is 2.26. The van der Waals surface area contributed by atoms with Crippen molar-refractivity contribution in [3.63, 3.8) is 0 Å². The molecule has 0 unspecified atom stereocenters. The van der Waals surface area contributed by atoms with Crippen molar-refractivity contribution >= 4 is 15.9 Å². The minimum atomic E-state index is 0.512. The molecule has 66 valence electrons. The summed E-state index contributed by atoms with van der Waals surface area (Å²) in [5.74, 6) is 1.13. The third-order valence-electron chi connectivity index (χ3n) is 2.83. The van der Waals surface area contributed by atoms with E-state index >= 15 is 0 Å². The molecule has 2 heteroatoms. The molecule has 0 radical (unpaired) electrons. The van der Waals surface area contributed by atoms with Crippen LogP contribution in [0, 0.1) is 5.41 Å². The first-order valence-electron chi connectivity index (χ1n) is 4.43. The second-order valence-corrected chi connectivity index (χ2v) is 4.30. The van der Waals surface area contributed by atoms with E-state index in [9.17, 15) is 0 Å². The third-order valence-corrected chi connectivity index (χ3v) is 4.02. The van der Waals surface area contributed by atoms with Crippen LogP contribution in [0.5, 0.6) is 0 Å². The van der Waals surface area contributed by atoms with E-state index in [1.807, 2.05) is 6.07 Å². The van der Waals surface area contributed by atoms with E-state index in [1.54, 1.807) is 6.26 Å². The van der Waals surface area contributed by atoms with Gasteiger partial charge in [0.15, 0.2) is 0 Å². The van der Waals surface area contributed by atoms with Crippen molar-refractivity contribution in [1.82, 2.24) is 0 Å². The van der Waals surface area contributed by atoms with Gasteiger partial charge in [-0.1, -0.05) is 22.4 Å². The first-order valence-corrected chi connectivity index (χ1v) is 5.55. The Hall–Kier alpha value is -0.240. The predicted molar refractivity (Wildman–Crippen MR) is 52.5 cm³/mol. The maximum absolute atomic E-state index is 5.35. The Morgan fingerprint density at radius 3 is 2.75 bits per heavy atom. The molecule has 0 spiro atoms. The summed E-state index contributed by atoms with van der Waals surface area (Å²) < 4.78 is 5.35. The highest BCUT2D eigenvalue weighted by atomic mass is 79.9. The van der Waals surface area contributed by atoms with Gasteiger partial charge in [0.25, 0.3) is 0 Å². The summed E-state index contributed by atoms with van der Waals surface area (Å²) >= 11 is 3.59. The molecule has 0 aromatic carbocycles. The summed E-state index contributed by atoms with van der Waals surface area (Å²) in [7, 11) is 0. The van der Waals surface area contributed by atoms with Crippen molar-refractivity contribution in [2.45, 2.75) is 25.7 Å². The van der Waals surface area contributed by atoms with Crippen LogP contribution in [0.2, 0.25) is 0 Å².